The van der Waals surface area contributed by atoms with Crippen molar-refractivity contribution in [2.45, 2.75) is 24.7 Å². The van der Waals surface area contributed by atoms with Gasteiger partial charge in [0.2, 0.25) is 0 Å². The van der Waals surface area contributed by atoms with Gasteiger partial charge in [-0.15, -0.1) is 12.4 Å². The lowest BCUT2D eigenvalue weighted by molar-refractivity contribution is -0.00554. The standard InChI is InChI=1S/C12H17N3O4.ClH/c1-19-6-7-4-8(11(17)10(7)16)15-12(18)9-5-13-2-3-14-9;/h2-3,5,7-8,10-11,16-17H,4,6H2,1H3,(H,15,18);1H/t7-,8-,10-,11+;/m1./s1. The van der Waals surface area contributed by atoms with Gasteiger partial charge in [0.1, 0.15) is 11.8 Å². The highest BCUT2D eigenvalue weighted by atomic mass is 35.5. The van der Waals surface area contributed by atoms with Crippen LogP contribution in [-0.2, 0) is 4.74 Å². The van der Waals surface area contributed by atoms with Crippen LogP contribution in [0.3, 0.4) is 0 Å². The first-order valence-electron chi connectivity index (χ1n) is 6.05. The summed E-state index contributed by atoms with van der Waals surface area (Å²) in [5.41, 5.74) is 0.180. The summed E-state index contributed by atoms with van der Waals surface area (Å²) in [6, 6.07) is -0.510. The molecule has 3 N–H and O–H groups in total. The molecule has 1 aliphatic rings. The van der Waals surface area contributed by atoms with Crippen molar-refractivity contribution in [3.63, 3.8) is 0 Å². The number of carbonyl (C=O) groups is 1. The van der Waals surface area contributed by atoms with E-state index in [1.165, 1.54) is 25.7 Å². The van der Waals surface area contributed by atoms with Crippen LogP contribution in [0.4, 0.5) is 0 Å². The molecule has 1 aromatic rings. The molecule has 20 heavy (non-hydrogen) atoms. The van der Waals surface area contributed by atoms with Crippen molar-refractivity contribution in [2.24, 2.45) is 5.92 Å². The monoisotopic (exact) mass is 303 g/mol. The fraction of sp³-hybridized carbons (Fsp3) is 0.583. The van der Waals surface area contributed by atoms with Gasteiger partial charge in [-0.05, 0) is 6.42 Å². The summed E-state index contributed by atoms with van der Waals surface area (Å²) in [5.74, 6) is -0.602. The topological polar surface area (TPSA) is 105 Å². The second-order valence-corrected chi connectivity index (χ2v) is 4.60. The van der Waals surface area contributed by atoms with Crippen LogP contribution in [0, 0.1) is 5.92 Å². The van der Waals surface area contributed by atoms with Gasteiger partial charge in [0.25, 0.3) is 5.91 Å². The summed E-state index contributed by atoms with van der Waals surface area (Å²) in [6.45, 7) is 0.343. The fourth-order valence-electron chi connectivity index (χ4n) is 2.31. The Morgan fingerprint density at radius 2 is 2.20 bits per heavy atom. The number of aliphatic hydroxyl groups is 2. The summed E-state index contributed by atoms with van der Waals surface area (Å²) < 4.78 is 4.98. The lowest BCUT2D eigenvalue weighted by Gasteiger charge is -2.17. The number of nitrogens with one attached hydrogen (secondary N) is 1. The van der Waals surface area contributed by atoms with E-state index >= 15 is 0 Å². The number of amides is 1. The van der Waals surface area contributed by atoms with E-state index in [0.29, 0.717) is 13.0 Å². The Hall–Kier alpha value is -1.28. The molecule has 2 rings (SSSR count). The highest BCUT2D eigenvalue weighted by Gasteiger charge is 2.42. The van der Waals surface area contributed by atoms with Crippen LogP contribution in [0.1, 0.15) is 16.9 Å². The number of hydrogen-bond acceptors (Lipinski definition) is 6. The number of ether oxygens (including phenoxy) is 1. The van der Waals surface area contributed by atoms with Crippen molar-refractivity contribution in [2.75, 3.05) is 13.7 Å². The zero-order chi connectivity index (χ0) is 13.8. The maximum absolute atomic E-state index is 11.9. The van der Waals surface area contributed by atoms with Gasteiger partial charge in [-0.3, -0.25) is 9.78 Å². The van der Waals surface area contributed by atoms with Gasteiger partial charge in [-0.25, -0.2) is 4.98 Å². The molecule has 0 bridgehead atoms. The number of nitrogens with zero attached hydrogens (tertiary/aromatic N) is 2. The molecule has 1 aromatic heterocycles. The number of aliphatic hydroxyl groups excluding tert-OH is 2. The molecule has 1 heterocycles. The van der Waals surface area contributed by atoms with E-state index < -0.39 is 24.2 Å². The molecule has 1 amide bonds. The molecule has 8 heteroatoms. The Bertz CT molecular complexity index is 434. The van der Waals surface area contributed by atoms with Crippen LogP contribution in [-0.4, -0.2) is 58.1 Å². The maximum atomic E-state index is 11.9. The summed E-state index contributed by atoms with van der Waals surface area (Å²) in [5, 5.41) is 22.4. The van der Waals surface area contributed by atoms with E-state index in [9.17, 15) is 15.0 Å². The van der Waals surface area contributed by atoms with Crippen molar-refractivity contribution in [3.05, 3.63) is 24.3 Å². The van der Waals surface area contributed by atoms with Crippen molar-refractivity contribution in [3.8, 4) is 0 Å². The summed E-state index contributed by atoms with van der Waals surface area (Å²) in [7, 11) is 1.53. The van der Waals surface area contributed by atoms with E-state index in [-0.39, 0.29) is 24.0 Å². The van der Waals surface area contributed by atoms with E-state index in [4.69, 9.17) is 4.74 Å². The Labute approximate surface area is 122 Å². The highest BCUT2D eigenvalue weighted by Crippen LogP contribution is 2.27. The van der Waals surface area contributed by atoms with Crippen molar-refractivity contribution < 1.29 is 19.7 Å². The second kappa shape index (κ2) is 7.49. The molecule has 0 radical (unpaired) electrons. The van der Waals surface area contributed by atoms with Crippen molar-refractivity contribution in [1.82, 2.24) is 15.3 Å². The van der Waals surface area contributed by atoms with Gasteiger partial charge in [-0.1, -0.05) is 0 Å². The second-order valence-electron chi connectivity index (χ2n) is 4.60. The average molecular weight is 304 g/mol. The Morgan fingerprint density at radius 3 is 2.80 bits per heavy atom. The molecule has 0 aromatic carbocycles. The normalized spacial score (nSPS) is 28.8. The summed E-state index contributed by atoms with van der Waals surface area (Å²) in [6.07, 6.45) is 2.80. The minimum atomic E-state index is -0.999. The largest absolute Gasteiger partial charge is 0.390 e. The fourth-order valence-corrected chi connectivity index (χ4v) is 2.31. The number of methoxy groups -OCH3 is 1. The van der Waals surface area contributed by atoms with Gasteiger partial charge in [0.15, 0.2) is 0 Å². The number of halogens is 1. The van der Waals surface area contributed by atoms with Crippen LogP contribution in [0.25, 0.3) is 0 Å². The summed E-state index contributed by atoms with van der Waals surface area (Å²) in [4.78, 5) is 19.6. The van der Waals surface area contributed by atoms with Crippen molar-refractivity contribution >= 4 is 18.3 Å². The Kier molecular flexibility index (Phi) is 6.28. The molecule has 0 spiro atoms. The molecule has 4 atom stereocenters. The maximum Gasteiger partial charge on any atom is 0.271 e. The quantitative estimate of drug-likeness (QED) is 0.685. The minimum Gasteiger partial charge on any atom is -0.390 e. The average Bonchev–Trinajstić information content (AvgIpc) is 2.69. The van der Waals surface area contributed by atoms with E-state index in [2.05, 4.69) is 15.3 Å². The van der Waals surface area contributed by atoms with Crippen molar-refractivity contribution in [1.29, 1.82) is 0 Å². The molecule has 1 aliphatic carbocycles. The highest BCUT2D eigenvalue weighted by molar-refractivity contribution is 5.92. The van der Waals surface area contributed by atoms with Crippen LogP contribution in [0.5, 0.6) is 0 Å². The smallest absolute Gasteiger partial charge is 0.271 e. The summed E-state index contributed by atoms with van der Waals surface area (Å²) >= 11 is 0. The molecule has 112 valence electrons. The first-order valence-corrected chi connectivity index (χ1v) is 6.05. The van der Waals surface area contributed by atoms with E-state index in [1.54, 1.807) is 0 Å². The zero-order valence-electron chi connectivity index (χ0n) is 11.0. The number of aromatic nitrogens is 2. The first-order chi connectivity index (χ1) is 9.13. The third kappa shape index (κ3) is 3.63. The zero-order valence-corrected chi connectivity index (χ0v) is 11.8. The number of rotatable bonds is 4. The Balaban J connectivity index is 0.00000200. The third-order valence-corrected chi connectivity index (χ3v) is 3.29. The predicted octanol–water partition coefficient (Wildman–Crippen LogP) is -0.615. The van der Waals surface area contributed by atoms with E-state index in [1.807, 2.05) is 0 Å². The number of carbonyl (C=O) groups excluding carboxylic acids is 1. The SMILES string of the molecule is COC[C@H]1C[C@@H](NC(=O)c2cnccn2)[C@H](O)[C@@H]1O.Cl. The first kappa shape index (κ1) is 16.8. The molecule has 0 aliphatic heterocycles. The molecule has 0 saturated heterocycles. The lowest BCUT2D eigenvalue weighted by Crippen LogP contribution is -2.43. The van der Waals surface area contributed by atoms with Gasteiger partial charge in [0, 0.05) is 25.4 Å². The Morgan fingerprint density at radius 1 is 1.45 bits per heavy atom. The molecular weight excluding hydrogens is 286 g/mol. The molecule has 1 fully saturated rings. The predicted molar refractivity (Wildman–Crippen MR) is 72.5 cm³/mol. The third-order valence-electron chi connectivity index (χ3n) is 3.29. The lowest BCUT2D eigenvalue weighted by atomic mass is 10.1. The van der Waals surface area contributed by atoms with Crippen LogP contribution in [0.2, 0.25) is 0 Å². The van der Waals surface area contributed by atoms with Gasteiger partial charge in [0.05, 0.1) is 24.9 Å². The minimum absolute atomic E-state index is 0. The van der Waals surface area contributed by atoms with Crippen LogP contribution >= 0.6 is 12.4 Å². The van der Waals surface area contributed by atoms with Crippen LogP contribution < -0.4 is 5.32 Å². The molecule has 1 saturated carbocycles. The van der Waals surface area contributed by atoms with E-state index in [0.717, 1.165) is 0 Å². The van der Waals surface area contributed by atoms with Gasteiger partial charge < -0.3 is 20.3 Å². The van der Waals surface area contributed by atoms with Gasteiger partial charge >= 0.3 is 0 Å². The molecular formula is C12H18ClN3O4. The van der Waals surface area contributed by atoms with Crippen LogP contribution in [0.15, 0.2) is 18.6 Å². The number of hydrogen-bond donors (Lipinski definition) is 3. The molecule has 0 unspecified atom stereocenters. The molecule has 7 nitrogen and oxygen atoms in total. The van der Waals surface area contributed by atoms with Gasteiger partial charge in [-0.2, -0.15) is 0 Å².